The van der Waals surface area contributed by atoms with Crippen LogP contribution < -0.4 is 20.5 Å². The van der Waals surface area contributed by atoms with Gasteiger partial charge in [-0.2, -0.15) is 0 Å². The Morgan fingerprint density at radius 3 is 2.58 bits per heavy atom. The molecule has 0 spiro atoms. The van der Waals surface area contributed by atoms with Gasteiger partial charge >= 0.3 is 0 Å². The average Bonchev–Trinajstić information content (AvgIpc) is 3.34. The lowest BCUT2D eigenvalue weighted by molar-refractivity contribution is 0.405. The molecule has 2 aromatic rings. The Morgan fingerprint density at radius 1 is 1.17 bits per heavy atom. The van der Waals surface area contributed by atoms with Crippen LogP contribution in [-0.4, -0.2) is 26.2 Å². The number of hydrogen-bond donors (Lipinski definition) is 2. The van der Waals surface area contributed by atoms with E-state index in [0.717, 1.165) is 22.9 Å². The van der Waals surface area contributed by atoms with Gasteiger partial charge in [0, 0.05) is 17.0 Å². The molecule has 3 N–H and O–H groups in total. The largest absolute Gasteiger partial charge is 0.497 e. The van der Waals surface area contributed by atoms with E-state index in [1.807, 2.05) is 42.5 Å². The summed E-state index contributed by atoms with van der Waals surface area (Å²) in [6.07, 6.45) is 0.985. The predicted molar refractivity (Wildman–Crippen MR) is 97.4 cm³/mol. The third-order valence-corrected chi connectivity index (χ3v) is 4.28. The SMILES string of the molecule is COc1ccc(OC)c(NC(N)=N[C@@H]2C[C@H]2c2ccc(Cl)cc2)c1. The molecule has 0 unspecified atom stereocenters. The van der Waals surface area contributed by atoms with Crippen molar-refractivity contribution in [2.24, 2.45) is 10.7 Å². The molecule has 0 aromatic heterocycles. The van der Waals surface area contributed by atoms with Crippen molar-refractivity contribution in [2.45, 2.75) is 18.4 Å². The summed E-state index contributed by atoms with van der Waals surface area (Å²) in [5.41, 5.74) is 8.01. The van der Waals surface area contributed by atoms with Gasteiger partial charge in [0.05, 0.1) is 25.9 Å². The fourth-order valence-corrected chi connectivity index (χ4v) is 2.78. The maximum absolute atomic E-state index is 6.05. The average molecular weight is 346 g/mol. The van der Waals surface area contributed by atoms with Gasteiger partial charge in [0.25, 0.3) is 0 Å². The minimum absolute atomic E-state index is 0.190. The molecule has 1 aliphatic rings. The van der Waals surface area contributed by atoms with E-state index in [9.17, 15) is 0 Å². The fourth-order valence-electron chi connectivity index (χ4n) is 2.65. The number of nitrogens with two attached hydrogens (primary N) is 1. The first-order valence-electron chi connectivity index (χ1n) is 7.68. The van der Waals surface area contributed by atoms with Crippen molar-refractivity contribution >= 4 is 23.2 Å². The molecular weight excluding hydrogens is 326 g/mol. The molecule has 2 atom stereocenters. The van der Waals surface area contributed by atoms with Crippen LogP contribution in [0.2, 0.25) is 5.02 Å². The van der Waals surface area contributed by atoms with Crippen molar-refractivity contribution in [2.75, 3.05) is 19.5 Å². The predicted octanol–water partition coefficient (Wildman–Crippen LogP) is 3.64. The van der Waals surface area contributed by atoms with Gasteiger partial charge in [-0.05, 0) is 36.2 Å². The molecule has 0 amide bonds. The number of hydrogen-bond acceptors (Lipinski definition) is 3. The van der Waals surface area contributed by atoms with E-state index in [1.54, 1.807) is 14.2 Å². The molecule has 3 rings (SSSR count). The molecule has 0 bridgehead atoms. The minimum atomic E-state index is 0.190. The second-order valence-corrected chi connectivity index (χ2v) is 6.10. The molecular formula is C18H20ClN3O2. The fraction of sp³-hybridized carbons (Fsp3) is 0.278. The molecule has 126 valence electrons. The molecule has 0 radical (unpaired) electrons. The van der Waals surface area contributed by atoms with Crippen molar-refractivity contribution in [3.05, 3.63) is 53.1 Å². The lowest BCUT2D eigenvalue weighted by Gasteiger charge is -2.12. The van der Waals surface area contributed by atoms with E-state index in [2.05, 4.69) is 10.3 Å². The van der Waals surface area contributed by atoms with Crippen LogP contribution in [0.15, 0.2) is 47.5 Å². The van der Waals surface area contributed by atoms with Crippen LogP contribution >= 0.6 is 11.6 Å². The molecule has 2 aromatic carbocycles. The number of benzene rings is 2. The number of guanidine groups is 1. The number of halogens is 1. The first-order valence-corrected chi connectivity index (χ1v) is 8.06. The van der Waals surface area contributed by atoms with Crippen molar-refractivity contribution in [1.29, 1.82) is 0 Å². The van der Waals surface area contributed by atoms with Crippen LogP contribution in [0, 0.1) is 0 Å². The van der Waals surface area contributed by atoms with E-state index in [-0.39, 0.29) is 6.04 Å². The zero-order valence-electron chi connectivity index (χ0n) is 13.6. The van der Waals surface area contributed by atoms with Crippen molar-refractivity contribution in [1.82, 2.24) is 0 Å². The van der Waals surface area contributed by atoms with Crippen LogP contribution in [0.25, 0.3) is 0 Å². The van der Waals surface area contributed by atoms with Crippen LogP contribution in [0.4, 0.5) is 5.69 Å². The standard InChI is InChI=1S/C18H20ClN3O2/c1-23-13-7-8-17(24-2)16(9-13)22-18(20)21-15-10-14(15)11-3-5-12(19)6-4-11/h3-9,14-15H,10H2,1-2H3,(H3,20,21,22)/t14-,15+/m0/s1. The zero-order valence-corrected chi connectivity index (χ0v) is 14.4. The highest BCUT2D eigenvalue weighted by atomic mass is 35.5. The Hall–Kier alpha value is -2.40. The summed E-state index contributed by atoms with van der Waals surface area (Å²) in [5, 5.41) is 3.83. The van der Waals surface area contributed by atoms with Gasteiger partial charge in [0.15, 0.2) is 5.96 Å². The Labute approximate surface area is 146 Å². The Morgan fingerprint density at radius 2 is 1.92 bits per heavy atom. The first-order chi connectivity index (χ1) is 11.6. The van der Waals surface area contributed by atoms with E-state index in [1.165, 1.54) is 5.56 Å². The van der Waals surface area contributed by atoms with Gasteiger partial charge in [-0.15, -0.1) is 0 Å². The Kier molecular flexibility index (Phi) is 4.81. The molecule has 5 nitrogen and oxygen atoms in total. The van der Waals surface area contributed by atoms with Crippen LogP contribution in [-0.2, 0) is 0 Å². The van der Waals surface area contributed by atoms with Crippen molar-refractivity contribution in [3.63, 3.8) is 0 Å². The van der Waals surface area contributed by atoms with Gasteiger partial charge < -0.3 is 20.5 Å². The van der Waals surface area contributed by atoms with Crippen molar-refractivity contribution in [3.8, 4) is 11.5 Å². The van der Waals surface area contributed by atoms with E-state index < -0.39 is 0 Å². The highest BCUT2D eigenvalue weighted by Gasteiger charge is 2.38. The first kappa shape index (κ1) is 16.5. The summed E-state index contributed by atoms with van der Waals surface area (Å²) >= 11 is 5.92. The highest BCUT2D eigenvalue weighted by Crippen LogP contribution is 2.43. The maximum Gasteiger partial charge on any atom is 0.193 e. The number of nitrogens with zero attached hydrogens (tertiary/aromatic N) is 1. The summed E-state index contributed by atoms with van der Waals surface area (Å²) in [6.45, 7) is 0. The number of nitrogens with one attached hydrogen (secondary N) is 1. The molecule has 1 fully saturated rings. The second-order valence-electron chi connectivity index (χ2n) is 5.67. The van der Waals surface area contributed by atoms with Gasteiger partial charge in [-0.3, -0.25) is 0 Å². The summed E-state index contributed by atoms with van der Waals surface area (Å²) in [4.78, 5) is 4.55. The third kappa shape index (κ3) is 3.74. The summed E-state index contributed by atoms with van der Waals surface area (Å²) in [7, 11) is 3.22. The van der Waals surface area contributed by atoms with Gasteiger partial charge in [-0.1, -0.05) is 23.7 Å². The Balaban J connectivity index is 1.68. The highest BCUT2D eigenvalue weighted by molar-refractivity contribution is 6.30. The Bertz CT molecular complexity index is 746. The summed E-state index contributed by atoms with van der Waals surface area (Å²) in [6, 6.07) is 13.5. The quantitative estimate of drug-likeness (QED) is 0.641. The number of aliphatic imine (C=N–C) groups is 1. The van der Waals surface area contributed by atoms with Gasteiger partial charge in [0.1, 0.15) is 11.5 Å². The van der Waals surface area contributed by atoms with Gasteiger partial charge in [0.2, 0.25) is 0 Å². The number of methoxy groups -OCH3 is 2. The van der Waals surface area contributed by atoms with Crippen molar-refractivity contribution < 1.29 is 9.47 Å². The monoisotopic (exact) mass is 345 g/mol. The van der Waals surface area contributed by atoms with Crippen LogP contribution in [0.1, 0.15) is 17.9 Å². The zero-order chi connectivity index (χ0) is 17.1. The molecule has 1 saturated carbocycles. The number of ether oxygens (including phenoxy) is 2. The topological polar surface area (TPSA) is 68.9 Å². The minimum Gasteiger partial charge on any atom is -0.497 e. The van der Waals surface area contributed by atoms with Crippen LogP contribution in [0.3, 0.4) is 0 Å². The molecule has 6 heteroatoms. The molecule has 1 aliphatic carbocycles. The molecule has 0 aliphatic heterocycles. The number of rotatable bonds is 5. The second kappa shape index (κ2) is 7.01. The van der Waals surface area contributed by atoms with E-state index in [4.69, 9.17) is 26.8 Å². The van der Waals surface area contributed by atoms with Crippen LogP contribution in [0.5, 0.6) is 11.5 Å². The third-order valence-electron chi connectivity index (χ3n) is 4.03. The maximum atomic E-state index is 6.05. The van der Waals surface area contributed by atoms with Gasteiger partial charge in [-0.25, -0.2) is 4.99 Å². The normalized spacial score (nSPS) is 19.7. The molecule has 0 saturated heterocycles. The number of anilines is 1. The summed E-state index contributed by atoms with van der Waals surface area (Å²) < 4.78 is 10.6. The molecule has 24 heavy (non-hydrogen) atoms. The molecule has 0 heterocycles. The van der Waals surface area contributed by atoms with E-state index in [0.29, 0.717) is 17.6 Å². The lowest BCUT2D eigenvalue weighted by atomic mass is 10.1. The van der Waals surface area contributed by atoms with E-state index >= 15 is 0 Å². The lowest BCUT2D eigenvalue weighted by Crippen LogP contribution is -2.23. The smallest absolute Gasteiger partial charge is 0.193 e. The summed E-state index contributed by atoms with van der Waals surface area (Å²) in [5.74, 6) is 2.16.